The number of benzene rings is 2. The third-order valence-electron chi connectivity index (χ3n) is 6.98. The average molecular weight is 437 g/mol. The molecule has 1 saturated carbocycles. The summed E-state index contributed by atoms with van der Waals surface area (Å²) >= 11 is 0. The Morgan fingerprint density at radius 1 is 1.25 bits per heavy atom. The highest BCUT2D eigenvalue weighted by molar-refractivity contribution is 5.99. The van der Waals surface area contributed by atoms with Gasteiger partial charge in [-0.15, -0.1) is 0 Å². The fraction of sp³-hybridized carbons (Fsp3) is 0.360. The first kappa shape index (κ1) is 20.7. The zero-order chi connectivity index (χ0) is 22.8. The van der Waals surface area contributed by atoms with Crippen molar-refractivity contribution in [3.05, 3.63) is 59.4 Å². The second-order valence-corrected chi connectivity index (χ2v) is 9.52. The van der Waals surface area contributed by atoms with E-state index >= 15 is 0 Å². The second kappa shape index (κ2) is 7.15. The smallest absolute Gasteiger partial charge is 0.309 e. The number of nitrogens with zero attached hydrogens (tertiary/aromatic N) is 2. The van der Waals surface area contributed by atoms with Gasteiger partial charge in [-0.25, -0.2) is 8.78 Å². The normalized spacial score (nSPS) is 21.2. The van der Waals surface area contributed by atoms with Crippen LogP contribution < -0.4 is 0 Å². The Morgan fingerprint density at radius 2 is 2.03 bits per heavy atom. The van der Waals surface area contributed by atoms with Gasteiger partial charge in [0.05, 0.1) is 22.6 Å². The van der Waals surface area contributed by atoms with Crippen LogP contribution in [0.15, 0.2) is 36.5 Å². The zero-order valence-electron chi connectivity index (χ0n) is 18.2. The molecule has 0 spiro atoms. The Balaban J connectivity index is 1.84. The van der Waals surface area contributed by atoms with Crippen molar-refractivity contribution in [3.8, 4) is 5.69 Å². The number of aromatic amines is 1. The van der Waals surface area contributed by atoms with E-state index in [1.54, 1.807) is 12.3 Å². The highest BCUT2D eigenvalue weighted by Gasteiger charge is 2.43. The van der Waals surface area contributed by atoms with Crippen molar-refractivity contribution in [2.24, 2.45) is 5.41 Å². The fourth-order valence-corrected chi connectivity index (χ4v) is 5.35. The Labute approximate surface area is 184 Å². The maximum atomic E-state index is 14.2. The van der Waals surface area contributed by atoms with Gasteiger partial charge in [0, 0.05) is 28.2 Å². The SMILES string of the molecule is CC(C)c1c(C2CC[C@@](C)(C(=O)O)C2)c2cc3[nH]ncc3cc2n1-c1ccc(F)c(F)c1. The van der Waals surface area contributed by atoms with E-state index in [1.807, 2.05) is 23.6 Å². The number of aliphatic carboxylic acids is 1. The monoisotopic (exact) mass is 437 g/mol. The number of hydrogen-bond donors (Lipinski definition) is 2. The summed E-state index contributed by atoms with van der Waals surface area (Å²) in [4.78, 5) is 11.9. The van der Waals surface area contributed by atoms with E-state index in [2.05, 4.69) is 24.0 Å². The van der Waals surface area contributed by atoms with Gasteiger partial charge in [-0.1, -0.05) is 13.8 Å². The fourth-order valence-electron chi connectivity index (χ4n) is 5.35. The first-order valence-electron chi connectivity index (χ1n) is 10.9. The number of hydrogen-bond acceptors (Lipinski definition) is 2. The summed E-state index contributed by atoms with van der Waals surface area (Å²) in [7, 11) is 0. The maximum absolute atomic E-state index is 14.2. The molecular formula is C25H25F2N3O2. The van der Waals surface area contributed by atoms with E-state index in [-0.39, 0.29) is 11.8 Å². The van der Waals surface area contributed by atoms with E-state index in [0.29, 0.717) is 18.5 Å². The van der Waals surface area contributed by atoms with Crippen molar-refractivity contribution >= 4 is 27.8 Å². The molecule has 0 radical (unpaired) electrons. The van der Waals surface area contributed by atoms with Gasteiger partial charge in [0.25, 0.3) is 0 Å². The Kier molecular flexibility index (Phi) is 4.62. The molecule has 166 valence electrons. The Bertz CT molecular complexity index is 1370. The number of rotatable bonds is 4. The van der Waals surface area contributed by atoms with Crippen molar-refractivity contribution in [2.75, 3.05) is 0 Å². The number of carboxylic acids is 1. The van der Waals surface area contributed by atoms with Crippen LogP contribution in [-0.4, -0.2) is 25.8 Å². The summed E-state index contributed by atoms with van der Waals surface area (Å²) in [6.45, 7) is 5.96. The minimum absolute atomic E-state index is 0.0583. The molecule has 2 aromatic heterocycles. The third kappa shape index (κ3) is 3.02. The molecule has 2 atom stereocenters. The van der Waals surface area contributed by atoms with E-state index in [9.17, 15) is 18.7 Å². The van der Waals surface area contributed by atoms with E-state index in [4.69, 9.17) is 0 Å². The molecule has 32 heavy (non-hydrogen) atoms. The van der Waals surface area contributed by atoms with Crippen molar-refractivity contribution in [1.82, 2.24) is 14.8 Å². The standard InChI is InChI=1S/C25H25F2N3O2/c1-13(2)23-22(14-6-7-25(3,11-14)24(31)32)17-10-20-15(12-28-29-20)8-21(17)30(23)16-4-5-18(26)19(27)9-16/h4-5,8-10,12-14H,6-7,11H2,1-3H3,(H,28,29)(H,31,32)/t14?,25-/m1/s1. The van der Waals surface area contributed by atoms with E-state index in [1.165, 1.54) is 6.07 Å². The highest BCUT2D eigenvalue weighted by atomic mass is 19.2. The average Bonchev–Trinajstić information content (AvgIpc) is 3.43. The van der Waals surface area contributed by atoms with Crippen LogP contribution in [0, 0.1) is 17.0 Å². The number of H-pyrrole nitrogens is 1. The van der Waals surface area contributed by atoms with Gasteiger partial charge in [0.2, 0.25) is 0 Å². The van der Waals surface area contributed by atoms with Gasteiger partial charge in [-0.05, 0) is 67.9 Å². The number of halogens is 2. The summed E-state index contributed by atoms with van der Waals surface area (Å²) in [5, 5.41) is 18.9. The molecule has 1 aliphatic rings. The molecule has 0 aliphatic heterocycles. The topological polar surface area (TPSA) is 70.9 Å². The molecule has 2 heterocycles. The van der Waals surface area contributed by atoms with E-state index in [0.717, 1.165) is 45.6 Å². The van der Waals surface area contributed by atoms with E-state index < -0.39 is 23.0 Å². The van der Waals surface area contributed by atoms with Crippen molar-refractivity contribution < 1.29 is 18.7 Å². The zero-order valence-corrected chi connectivity index (χ0v) is 18.2. The van der Waals surface area contributed by atoms with Crippen LogP contribution in [0.1, 0.15) is 63.1 Å². The Morgan fingerprint density at radius 3 is 2.69 bits per heavy atom. The summed E-state index contributed by atoms with van der Waals surface area (Å²) in [6.07, 6.45) is 3.65. The molecule has 7 heteroatoms. The van der Waals surface area contributed by atoms with Crippen molar-refractivity contribution in [2.45, 2.75) is 51.9 Å². The summed E-state index contributed by atoms with van der Waals surface area (Å²) in [6, 6.07) is 8.01. The quantitative estimate of drug-likeness (QED) is 0.395. The van der Waals surface area contributed by atoms with Crippen LogP contribution in [0.2, 0.25) is 0 Å². The van der Waals surface area contributed by atoms with Gasteiger partial charge in [-0.3, -0.25) is 9.89 Å². The van der Waals surface area contributed by atoms with Gasteiger partial charge in [0.1, 0.15) is 0 Å². The number of carbonyl (C=O) groups is 1. The van der Waals surface area contributed by atoms with Crippen LogP contribution in [0.4, 0.5) is 8.78 Å². The molecule has 5 rings (SSSR count). The molecule has 1 fully saturated rings. The lowest BCUT2D eigenvalue weighted by molar-refractivity contribution is -0.147. The first-order chi connectivity index (χ1) is 15.2. The molecule has 5 nitrogen and oxygen atoms in total. The van der Waals surface area contributed by atoms with Gasteiger partial charge in [0.15, 0.2) is 11.6 Å². The first-order valence-corrected chi connectivity index (χ1v) is 10.9. The molecular weight excluding hydrogens is 412 g/mol. The van der Waals surface area contributed by atoms with Gasteiger partial charge in [-0.2, -0.15) is 5.10 Å². The summed E-state index contributed by atoms with van der Waals surface area (Å²) < 4.78 is 29.9. The van der Waals surface area contributed by atoms with Gasteiger partial charge < -0.3 is 9.67 Å². The number of nitrogens with one attached hydrogen (secondary N) is 1. The lowest BCUT2D eigenvalue weighted by Crippen LogP contribution is -2.23. The molecule has 1 aliphatic carbocycles. The van der Waals surface area contributed by atoms with Crippen LogP contribution in [0.5, 0.6) is 0 Å². The molecule has 2 N–H and O–H groups in total. The highest BCUT2D eigenvalue weighted by Crippen LogP contribution is 2.51. The predicted molar refractivity (Wildman–Crippen MR) is 119 cm³/mol. The molecule has 0 saturated heterocycles. The lowest BCUT2D eigenvalue weighted by atomic mass is 9.84. The third-order valence-corrected chi connectivity index (χ3v) is 6.98. The number of aromatic nitrogens is 3. The van der Waals surface area contributed by atoms with Crippen LogP contribution in [0.3, 0.4) is 0 Å². The largest absolute Gasteiger partial charge is 0.481 e. The minimum atomic E-state index is -0.899. The summed E-state index contributed by atoms with van der Waals surface area (Å²) in [5.41, 5.74) is 3.65. The predicted octanol–water partition coefficient (Wildman–Crippen LogP) is 6.27. The number of carboxylic acid groups (broad SMARTS) is 1. The molecule has 1 unspecified atom stereocenters. The summed E-state index contributed by atoms with van der Waals surface area (Å²) in [5.74, 6) is -2.42. The molecule has 0 bridgehead atoms. The van der Waals surface area contributed by atoms with Crippen molar-refractivity contribution in [1.29, 1.82) is 0 Å². The van der Waals surface area contributed by atoms with Crippen LogP contribution >= 0.6 is 0 Å². The van der Waals surface area contributed by atoms with Crippen molar-refractivity contribution in [3.63, 3.8) is 0 Å². The minimum Gasteiger partial charge on any atom is -0.481 e. The second-order valence-electron chi connectivity index (χ2n) is 9.52. The molecule has 2 aromatic carbocycles. The number of fused-ring (bicyclic) bond motifs is 2. The Hall–Kier alpha value is -3.22. The van der Waals surface area contributed by atoms with Crippen LogP contribution in [0.25, 0.3) is 27.5 Å². The maximum Gasteiger partial charge on any atom is 0.309 e. The molecule has 4 aromatic rings. The lowest BCUT2D eigenvalue weighted by Gasteiger charge is -2.21. The van der Waals surface area contributed by atoms with Gasteiger partial charge >= 0.3 is 5.97 Å². The molecule has 0 amide bonds. The van der Waals surface area contributed by atoms with Crippen LogP contribution in [-0.2, 0) is 4.79 Å².